The van der Waals surface area contributed by atoms with Gasteiger partial charge in [0.05, 0.1) is 22.4 Å². The van der Waals surface area contributed by atoms with E-state index < -0.39 is 0 Å². The highest BCUT2D eigenvalue weighted by atomic mass is 16.3. The average molecular weight is 640 g/mol. The molecule has 3 aromatic heterocycles. The van der Waals surface area contributed by atoms with Crippen LogP contribution in [0.15, 0.2) is 180 Å². The molecule has 10 rings (SSSR count). The average Bonchev–Trinajstić information content (AvgIpc) is 3.74. The Bertz CT molecular complexity index is 2810. The SMILES string of the molecule is c1ccc(-c2cc(-c3cccc(-c4cccc5c4oc4ccccc45)c3)nc(-c3ccc(-n4c5ccccc5c5ccccc54)cc3)n2)cc1. The zero-order chi connectivity index (χ0) is 33.0. The molecule has 0 spiro atoms. The second kappa shape index (κ2) is 11.4. The van der Waals surface area contributed by atoms with Gasteiger partial charge in [0.15, 0.2) is 5.82 Å². The van der Waals surface area contributed by atoms with Gasteiger partial charge in [-0.25, -0.2) is 9.97 Å². The van der Waals surface area contributed by atoms with E-state index in [4.69, 9.17) is 14.4 Å². The largest absolute Gasteiger partial charge is 0.455 e. The van der Waals surface area contributed by atoms with Gasteiger partial charge in [0.1, 0.15) is 11.2 Å². The highest BCUT2D eigenvalue weighted by molar-refractivity contribution is 6.10. The lowest BCUT2D eigenvalue weighted by Crippen LogP contribution is -1.97. The van der Waals surface area contributed by atoms with E-state index in [2.05, 4.69) is 150 Å². The van der Waals surface area contributed by atoms with Gasteiger partial charge in [-0.1, -0.05) is 121 Å². The molecule has 50 heavy (non-hydrogen) atoms. The number of aromatic nitrogens is 3. The zero-order valence-corrected chi connectivity index (χ0v) is 27.0. The fraction of sp³-hybridized carbons (Fsp3) is 0. The summed E-state index contributed by atoms with van der Waals surface area (Å²) >= 11 is 0. The highest BCUT2D eigenvalue weighted by Crippen LogP contribution is 2.38. The van der Waals surface area contributed by atoms with Crippen LogP contribution in [0.2, 0.25) is 0 Å². The van der Waals surface area contributed by atoms with Crippen LogP contribution in [0.1, 0.15) is 0 Å². The summed E-state index contributed by atoms with van der Waals surface area (Å²) in [5, 5.41) is 4.73. The molecular formula is C46H29N3O. The maximum atomic E-state index is 6.39. The van der Waals surface area contributed by atoms with E-state index >= 15 is 0 Å². The summed E-state index contributed by atoms with van der Waals surface area (Å²) in [6.45, 7) is 0. The summed E-state index contributed by atoms with van der Waals surface area (Å²) in [4.78, 5) is 10.3. The number of furan rings is 1. The lowest BCUT2D eigenvalue weighted by molar-refractivity contribution is 0.670. The minimum atomic E-state index is 0.680. The summed E-state index contributed by atoms with van der Waals surface area (Å²) < 4.78 is 8.72. The van der Waals surface area contributed by atoms with Gasteiger partial charge in [-0.2, -0.15) is 0 Å². The minimum Gasteiger partial charge on any atom is -0.455 e. The monoisotopic (exact) mass is 639 g/mol. The Morgan fingerprint density at radius 2 is 0.980 bits per heavy atom. The Morgan fingerprint density at radius 1 is 0.400 bits per heavy atom. The van der Waals surface area contributed by atoms with Crippen molar-refractivity contribution in [1.82, 2.24) is 14.5 Å². The first-order valence-corrected chi connectivity index (χ1v) is 16.8. The van der Waals surface area contributed by atoms with Crippen LogP contribution in [0, 0.1) is 0 Å². The summed E-state index contributed by atoms with van der Waals surface area (Å²) in [6.07, 6.45) is 0. The van der Waals surface area contributed by atoms with Crippen LogP contribution < -0.4 is 0 Å². The molecule has 0 saturated heterocycles. The molecule has 0 aliphatic carbocycles. The van der Waals surface area contributed by atoms with E-state index in [1.54, 1.807) is 0 Å². The van der Waals surface area contributed by atoms with Crippen molar-refractivity contribution < 1.29 is 4.42 Å². The van der Waals surface area contributed by atoms with Crippen molar-refractivity contribution in [3.63, 3.8) is 0 Å². The quantitative estimate of drug-likeness (QED) is 0.188. The van der Waals surface area contributed by atoms with Gasteiger partial charge in [0.2, 0.25) is 0 Å². The van der Waals surface area contributed by atoms with Crippen molar-refractivity contribution in [2.75, 3.05) is 0 Å². The third kappa shape index (κ3) is 4.61. The van der Waals surface area contributed by atoms with Crippen LogP contribution in [0.25, 0.3) is 94.5 Å². The molecule has 0 fully saturated rings. The summed E-state index contributed by atoms with van der Waals surface area (Å²) in [5.41, 5.74) is 12.1. The normalized spacial score (nSPS) is 11.6. The highest BCUT2D eigenvalue weighted by Gasteiger charge is 2.16. The van der Waals surface area contributed by atoms with Crippen LogP contribution in [0.4, 0.5) is 0 Å². The molecule has 0 aliphatic heterocycles. The number of hydrogen-bond donors (Lipinski definition) is 0. The smallest absolute Gasteiger partial charge is 0.160 e. The van der Waals surface area contributed by atoms with Gasteiger partial charge in [-0.3, -0.25) is 0 Å². The predicted molar refractivity (Wildman–Crippen MR) is 205 cm³/mol. The van der Waals surface area contributed by atoms with E-state index in [9.17, 15) is 0 Å². The molecule has 0 radical (unpaired) electrons. The fourth-order valence-electron chi connectivity index (χ4n) is 7.26. The minimum absolute atomic E-state index is 0.680. The number of rotatable bonds is 5. The molecule has 7 aromatic carbocycles. The molecule has 0 amide bonds. The second-order valence-corrected chi connectivity index (χ2v) is 12.6. The standard InChI is InChI=1S/C46H29N3O/c1-2-12-30(13-3-1)40-29-41(33-15-10-14-32(28-33)35-19-11-20-39-38-18-6-9-23-44(38)50-45(35)39)48-46(47-40)31-24-26-34(27-25-31)49-42-21-7-4-16-36(42)37-17-5-8-22-43(37)49/h1-29H. The molecule has 4 heteroatoms. The van der Waals surface area contributed by atoms with E-state index in [1.165, 1.54) is 21.8 Å². The molecule has 0 aliphatic rings. The third-order valence-corrected chi connectivity index (χ3v) is 9.63. The lowest BCUT2D eigenvalue weighted by Gasteiger charge is -2.12. The Morgan fingerprint density at radius 3 is 1.74 bits per heavy atom. The maximum absolute atomic E-state index is 6.39. The van der Waals surface area contributed by atoms with Crippen molar-refractivity contribution in [1.29, 1.82) is 0 Å². The van der Waals surface area contributed by atoms with Crippen molar-refractivity contribution in [2.24, 2.45) is 0 Å². The topological polar surface area (TPSA) is 43.9 Å². The Kier molecular flexibility index (Phi) is 6.46. The van der Waals surface area contributed by atoms with Gasteiger partial charge in [0, 0.05) is 49.5 Å². The van der Waals surface area contributed by atoms with Crippen LogP contribution in [-0.4, -0.2) is 14.5 Å². The van der Waals surface area contributed by atoms with Crippen LogP contribution in [0.5, 0.6) is 0 Å². The Balaban J connectivity index is 1.10. The molecule has 0 saturated carbocycles. The Labute approximate surface area is 288 Å². The molecular weight excluding hydrogens is 611 g/mol. The van der Waals surface area contributed by atoms with Gasteiger partial charge < -0.3 is 8.98 Å². The lowest BCUT2D eigenvalue weighted by atomic mass is 9.99. The van der Waals surface area contributed by atoms with Crippen molar-refractivity contribution in [2.45, 2.75) is 0 Å². The number of fused-ring (bicyclic) bond motifs is 6. The Hall–Kier alpha value is -6.78. The third-order valence-electron chi connectivity index (χ3n) is 9.63. The molecule has 0 N–H and O–H groups in total. The molecule has 4 nitrogen and oxygen atoms in total. The van der Waals surface area contributed by atoms with Crippen molar-refractivity contribution in [3.05, 3.63) is 176 Å². The fourth-order valence-corrected chi connectivity index (χ4v) is 7.26. The van der Waals surface area contributed by atoms with E-state index in [1.807, 2.05) is 30.3 Å². The van der Waals surface area contributed by atoms with Crippen molar-refractivity contribution >= 4 is 43.7 Å². The first kappa shape index (κ1) is 28.3. The molecule has 0 bridgehead atoms. The molecule has 10 aromatic rings. The van der Waals surface area contributed by atoms with Gasteiger partial charge in [-0.15, -0.1) is 0 Å². The van der Waals surface area contributed by atoms with E-state index in [0.29, 0.717) is 5.82 Å². The summed E-state index contributed by atoms with van der Waals surface area (Å²) in [7, 11) is 0. The van der Waals surface area contributed by atoms with Gasteiger partial charge >= 0.3 is 0 Å². The van der Waals surface area contributed by atoms with Crippen LogP contribution >= 0.6 is 0 Å². The van der Waals surface area contributed by atoms with Crippen LogP contribution in [-0.2, 0) is 0 Å². The molecule has 0 atom stereocenters. The zero-order valence-electron chi connectivity index (χ0n) is 27.0. The number of para-hydroxylation sites is 4. The molecule has 234 valence electrons. The first-order chi connectivity index (χ1) is 24.8. The number of nitrogens with zero attached hydrogens (tertiary/aromatic N) is 3. The number of hydrogen-bond acceptors (Lipinski definition) is 3. The van der Waals surface area contributed by atoms with Crippen LogP contribution in [0.3, 0.4) is 0 Å². The van der Waals surface area contributed by atoms with E-state index in [-0.39, 0.29) is 0 Å². The number of benzene rings is 7. The second-order valence-electron chi connectivity index (χ2n) is 12.6. The molecule has 0 unspecified atom stereocenters. The van der Waals surface area contributed by atoms with Gasteiger partial charge in [0.25, 0.3) is 0 Å². The summed E-state index contributed by atoms with van der Waals surface area (Å²) in [5.74, 6) is 0.680. The van der Waals surface area contributed by atoms with E-state index in [0.717, 1.165) is 66.8 Å². The maximum Gasteiger partial charge on any atom is 0.160 e. The predicted octanol–water partition coefficient (Wildman–Crippen LogP) is 12.1. The van der Waals surface area contributed by atoms with Gasteiger partial charge in [-0.05, 0) is 60.2 Å². The van der Waals surface area contributed by atoms with Crippen molar-refractivity contribution in [3.8, 4) is 50.7 Å². The first-order valence-electron chi connectivity index (χ1n) is 16.8. The summed E-state index contributed by atoms with van der Waals surface area (Å²) in [6, 6.07) is 61.3. The molecule has 3 heterocycles.